The van der Waals surface area contributed by atoms with Crippen LogP contribution in [-0.2, 0) is 14.6 Å². The van der Waals surface area contributed by atoms with Crippen LogP contribution in [0.2, 0.25) is 5.02 Å². The highest BCUT2D eigenvalue weighted by Crippen LogP contribution is 2.23. The Kier molecular flexibility index (Phi) is 6.42. The number of carbonyl (C=O) groups is 2. The Hall–Kier alpha value is -2.20. The van der Waals surface area contributed by atoms with Gasteiger partial charge >= 0.3 is 0 Å². The van der Waals surface area contributed by atoms with Crippen LogP contribution in [-0.4, -0.2) is 48.7 Å². The van der Waals surface area contributed by atoms with Crippen LogP contribution < -0.4 is 10.6 Å². The predicted octanol–water partition coefficient (Wildman–Crippen LogP) is 1.31. The minimum Gasteiger partial charge on any atom is -0.351 e. The van der Waals surface area contributed by atoms with Gasteiger partial charge in [0.1, 0.15) is 6.04 Å². The van der Waals surface area contributed by atoms with E-state index in [1.807, 2.05) is 0 Å². The van der Waals surface area contributed by atoms with Crippen molar-refractivity contribution in [2.75, 3.05) is 11.5 Å². The van der Waals surface area contributed by atoms with E-state index in [2.05, 4.69) is 10.6 Å². The van der Waals surface area contributed by atoms with Crippen LogP contribution >= 0.6 is 11.6 Å². The molecule has 2 atom stereocenters. The van der Waals surface area contributed by atoms with Gasteiger partial charge in [0, 0.05) is 18.2 Å². The molecule has 1 aliphatic heterocycles. The first-order valence-electron chi connectivity index (χ1n) is 8.26. The van der Waals surface area contributed by atoms with Gasteiger partial charge in [-0.05, 0) is 18.4 Å². The highest BCUT2D eigenvalue weighted by atomic mass is 35.5. The Morgan fingerprint density at radius 3 is 2.48 bits per heavy atom. The van der Waals surface area contributed by atoms with Crippen LogP contribution in [0, 0.1) is 16.0 Å². The SMILES string of the molecule is CC(C)[C@H](NC(=O)c1ccc([N+](=O)[O-])cc1Cl)C(=O)NC1CCS(=O)(=O)C1. The third kappa shape index (κ3) is 5.39. The third-order valence-electron chi connectivity index (χ3n) is 4.22. The summed E-state index contributed by atoms with van der Waals surface area (Å²) in [5, 5.41) is 15.9. The van der Waals surface area contributed by atoms with Crippen molar-refractivity contribution in [1.29, 1.82) is 0 Å². The number of nitrogens with one attached hydrogen (secondary N) is 2. The first-order chi connectivity index (χ1) is 12.5. The Morgan fingerprint density at radius 1 is 1.33 bits per heavy atom. The summed E-state index contributed by atoms with van der Waals surface area (Å²) in [6.45, 7) is 3.46. The van der Waals surface area contributed by atoms with E-state index in [-0.39, 0.29) is 33.7 Å². The summed E-state index contributed by atoms with van der Waals surface area (Å²) in [4.78, 5) is 35.1. The molecule has 1 aliphatic rings. The maximum atomic E-state index is 12.5. The first-order valence-corrected chi connectivity index (χ1v) is 10.5. The lowest BCUT2D eigenvalue weighted by Crippen LogP contribution is -2.52. The van der Waals surface area contributed by atoms with Crippen molar-refractivity contribution in [3.63, 3.8) is 0 Å². The fraction of sp³-hybridized carbons (Fsp3) is 0.500. The van der Waals surface area contributed by atoms with Crippen LogP contribution in [0.5, 0.6) is 0 Å². The summed E-state index contributed by atoms with van der Waals surface area (Å²) in [6, 6.07) is 2.03. The number of nitro groups is 1. The number of hydrogen-bond acceptors (Lipinski definition) is 6. The molecule has 1 aromatic carbocycles. The zero-order valence-corrected chi connectivity index (χ0v) is 16.3. The fourth-order valence-electron chi connectivity index (χ4n) is 2.76. The number of nitro benzene ring substituents is 1. The summed E-state index contributed by atoms with van der Waals surface area (Å²) in [5.74, 6) is -1.51. The highest BCUT2D eigenvalue weighted by Gasteiger charge is 2.32. The molecule has 0 aromatic heterocycles. The van der Waals surface area contributed by atoms with Gasteiger partial charge in [0.2, 0.25) is 5.91 Å². The summed E-state index contributed by atoms with van der Waals surface area (Å²) in [5.41, 5.74) is -0.249. The van der Waals surface area contributed by atoms with Gasteiger partial charge in [0.05, 0.1) is 27.0 Å². The molecule has 1 unspecified atom stereocenters. The number of amides is 2. The maximum absolute atomic E-state index is 12.5. The molecule has 2 rings (SSSR count). The number of hydrogen-bond donors (Lipinski definition) is 2. The molecule has 27 heavy (non-hydrogen) atoms. The molecule has 1 heterocycles. The van der Waals surface area contributed by atoms with Gasteiger partial charge in [-0.15, -0.1) is 0 Å². The van der Waals surface area contributed by atoms with Crippen LogP contribution in [0.1, 0.15) is 30.6 Å². The van der Waals surface area contributed by atoms with E-state index in [9.17, 15) is 28.1 Å². The molecule has 2 N–H and O–H groups in total. The Labute approximate surface area is 161 Å². The minimum atomic E-state index is -3.14. The number of halogens is 1. The zero-order chi connectivity index (χ0) is 20.4. The molecular weight excluding hydrogens is 398 g/mol. The van der Waals surface area contributed by atoms with Crippen molar-refractivity contribution in [2.45, 2.75) is 32.4 Å². The number of benzene rings is 1. The monoisotopic (exact) mass is 417 g/mol. The molecule has 0 aliphatic carbocycles. The standard InChI is InChI=1S/C16H20ClN3O6S/c1-9(2)14(16(22)18-10-5-6-27(25,26)8-10)19-15(21)12-4-3-11(20(23)24)7-13(12)17/h3-4,7,9-10,14H,5-6,8H2,1-2H3,(H,18,22)(H,19,21)/t10?,14-/m0/s1. The predicted molar refractivity (Wildman–Crippen MR) is 99.4 cm³/mol. The van der Waals surface area contributed by atoms with Crippen LogP contribution in [0.15, 0.2) is 18.2 Å². The molecule has 0 bridgehead atoms. The van der Waals surface area contributed by atoms with Crippen molar-refractivity contribution in [2.24, 2.45) is 5.92 Å². The quantitative estimate of drug-likeness (QED) is 0.529. The van der Waals surface area contributed by atoms with E-state index in [1.54, 1.807) is 13.8 Å². The van der Waals surface area contributed by atoms with Crippen molar-refractivity contribution < 1.29 is 22.9 Å². The van der Waals surface area contributed by atoms with Gasteiger partial charge in [0.15, 0.2) is 9.84 Å². The van der Waals surface area contributed by atoms with Gasteiger partial charge < -0.3 is 10.6 Å². The number of carbonyl (C=O) groups excluding carboxylic acids is 2. The average Bonchev–Trinajstić information content (AvgIpc) is 2.90. The van der Waals surface area contributed by atoms with Crippen molar-refractivity contribution in [3.05, 3.63) is 38.9 Å². The lowest BCUT2D eigenvalue weighted by atomic mass is 10.0. The second-order valence-corrected chi connectivity index (χ2v) is 9.36. The van der Waals surface area contributed by atoms with Crippen molar-refractivity contribution in [3.8, 4) is 0 Å². The number of nitrogens with zero attached hydrogens (tertiary/aromatic N) is 1. The fourth-order valence-corrected chi connectivity index (χ4v) is 4.69. The Balaban J connectivity index is 2.10. The smallest absolute Gasteiger partial charge is 0.270 e. The topological polar surface area (TPSA) is 135 Å². The maximum Gasteiger partial charge on any atom is 0.270 e. The van der Waals surface area contributed by atoms with Crippen molar-refractivity contribution in [1.82, 2.24) is 10.6 Å². The molecule has 0 radical (unpaired) electrons. The van der Waals surface area contributed by atoms with Gasteiger partial charge in [-0.25, -0.2) is 8.42 Å². The van der Waals surface area contributed by atoms with Crippen molar-refractivity contribution >= 4 is 38.9 Å². The molecule has 0 saturated carbocycles. The van der Waals surface area contributed by atoms with E-state index in [1.165, 1.54) is 6.07 Å². The molecule has 1 aromatic rings. The average molecular weight is 418 g/mol. The second kappa shape index (κ2) is 8.22. The first kappa shape index (κ1) is 21.1. The molecule has 2 amide bonds. The largest absolute Gasteiger partial charge is 0.351 e. The second-order valence-electron chi connectivity index (χ2n) is 6.72. The van der Waals surface area contributed by atoms with Gasteiger partial charge in [-0.1, -0.05) is 25.4 Å². The molecule has 1 fully saturated rings. The third-order valence-corrected chi connectivity index (χ3v) is 6.30. The van der Waals surface area contributed by atoms with E-state index in [4.69, 9.17) is 11.6 Å². The highest BCUT2D eigenvalue weighted by molar-refractivity contribution is 7.91. The summed E-state index contributed by atoms with van der Waals surface area (Å²) >= 11 is 5.95. The van der Waals surface area contributed by atoms with E-state index >= 15 is 0 Å². The summed E-state index contributed by atoms with van der Waals surface area (Å²) < 4.78 is 23.0. The number of non-ortho nitro benzene ring substituents is 1. The minimum absolute atomic E-state index is 0.00385. The molecule has 11 heteroatoms. The number of rotatable bonds is 6. The lowest BCUT2D eigenvalue weighted by molar-refractivity contribution is -0.384. The molecule has 9 nitrogen and oxygen atoms in total. The van der Waals surface area contributed by atoms with Gasteiger partial charge in [0.25, 0.3) is 11.6 Å². The zero-order valence-electron chi connectivity index (χ0n) is 14.8. The number of sulfone groups is 1. The molecule has 0 spiro atoms. The Morgan fingerprint density at radius 2 is 2.00 bits per heavy atom. The van der Waals surface area contributed by atoms with E-state index in [0.29, 0.717) is 6.42 Å². The van der Waals surface area contributed by atoms with Crippen LogP contribution in [0.4, 0.5) is 5.69 Å². The van der Waals surface area contributed by atoms with E-state index < -0.39 is 38.7 Å². The molecule has 148 valence electrons. The molecule has 1 saturated heterocycles. The Bertz CT molecular complexity index is 871. The summed E-state index contributed by atoms with van der Waals surface area (Å²) in [6.07, 6.45) is 0.334. The van der Waals surface area contributed by atoms with Gasteiger partial charge in [-0.3, -0.25) is 19.7 Å². The van der Waals surface area contributed by atoms with Crippen LogP contribution in [0.25, 0.3) is 0 Å². The van der Waals surface area contributed by atoms with Crippen LogP contribution in [0.3, 0.4) is 0 Å². The molecular formula is C16H20ClN3O6S. The normalized spacial score (nSPS) is 19.5. The van der Waals surface area contributed by atoms with E-state index in [0.717, 1.165) is 12.1 Å². The van der Waals surface area contributed by atoms with Gasteiger partial charge in [-0.2, -0.15) is 0 Å². The lowest BCUT2D eigenvalue weighted by Gasteiger charge is -2.23. The summed E-state index contributed by atoms with van der Waals surface area (Å²) in [7, 11) is -3.14.